The SMILES string of the molecule is COc1cc(C2CCCCC2C)cc(OC)c1OC. The Hall–Kier alpha value is -1.38. The van der Waals surface area contributed by atoms with Crippen LogP contribution in [0.3, 0.4) is 0 Å². The maximum atomic E-state index is 5.44. The monoisotopic (exact) mass is 264 g/mol. The molecule has 3 heteroatoms. The highest BCUT2D eigenvalue weighted by atomic mass is 16.5. The van der Waals surface area contributed by atoms with E-state index in [4.69, 9.17) is 14.2 Å². The lowest BCUT2D eigenvalue weighted by Crippen LogP contribution is -2.15. The van der Waals surface area contributed by atoms with Crippen molar-refractivity contribution in [3.8, 4) is 17.2 Å². The molecule has 1 fully saturated rings. The minimum Gasteiger partial charge on any atom is -0.493 e. The first-order chi connectivity index (χ1) is 9.21. The van der Waals surface area contributed by atoms with E-state index >= 15 is 0 Å². The van der Waals surface area contributed by atoms with Crippen molar-refractivity contribution in [3.63, 3.8) is 0 Å². The van der Waals surface area contributed by atoms with Crippen LogP contribution >= 0.6 is 0 Å². The molecule has 1 aliphatic rings. The standard InChI is InChI=1S/C16H24O3/c1-11-7-5-6-8-13(11)12-9-14(17-2)16(19-4)15(10-12)18-3/h9-11,13H,5-8H2,1-4H3. The largest absolute Gasteiger partial charge is 0.493 e. The zero-order valence-electron chi connectivity index (χ0n) is 12.4. The molecule has 2 rings (SSSR count). The lowest BCUT2D eigenvalue weighted by atomic mass is 9.76. The average molecular weight is 264 g/mol. The van der Waals surface area contributed by atoms with Crippen LogP contribution in [0, 0.1) is 5.92 Å². The van der Waals surface area contributed by atoms with E-state index in [0.29, 0.717) is 11.7 Å². The summed E-state index contributed by atoms with van der Waals surface area (Å²) in [5.74, 6) is 3.51. The third-order valence-corrected chi connectivity index (χ3v) is 4.23. The molecule has 2 unspecified atom stereocenters. The highest BCUT2D eigenvalue weighted by Crippen LogP contribution is 2.44. The van der Waals surface area contributed by atoms with Gasteiger partial charge in [-0.3, -0.25) is 0 Å². The molecule has 0 amide bonds. The van der Waals surface area contributed by atoms with Crippen molar-refractivity contribution >= 4 is 0 Å². The molecule has 1 saturated carbocycles. The van der Waals surface area contributed by atoms with E-state index in [1.54, 1.807) is 21.3 Å². The van der Waals surface area contributed by atoms with Crippen molar-refractivity contribution in [1.29, 1.82) is 0 Å². The van der Waals surface area contributed by atoms with E-state index in [0.717, 1.165) is 17.4 Å². The summed E-state index contributed by atoms with van der Waals surface area (Å²) in [5, 5.41) is 0. The fraction of sp³-hybridized carbons (Fsp3) is 0.625. The molecule has 0 aliphatic heterocycles. The molecule has 2 atom stereocenters. The third kappa shape index (κ3) is 2.80. The average Bonchev–Trinajstić information content (AvgIpc) is 2.46. The highest BCUT2D eigenvalue weighted by molar-refractivity contribution is 5.54. The first-order valence-corrected chi connectivity index (χ1v) is 7.01. The van der Waals surface area contributed by atoms with Gasteiger partial charge in [0.25, 0.3) is 0 Å². The predicted octanol–water partition coefficient (Wildman–Crippen LogP) is 4.01. The van der Waals surface area contributed by atoms with Crippen molar-refractivity contribution in [2.24, 2.45) is 5.92 Å². The zero-order chi connectivity index (χ0) is 13.8. The Bertz CT molecular complexity index is 403. The normalized spacial score (nSPS) is 22.9. The van der Waals surface area contributed by atoms with E-state index in [-0.39, 0.29) is 0 Å². The summed E-state index contributed by atoms with van der Waals surface area (Å²) < 4.78 is 16.3. The van der Waals surface area contributed by atoms with Crippen LogP contribution in [-0.4, -0.2) is 21.3 Å². The molecule has 1 aromatic rings. The van der Waals surface area contributed by atoms with Crippen molar-refractivity contribution in [2.45, 2.75) is 38.5 Å². The molecule has 3 nitrogen and oxygen atoms in total. The lowest BCUT2D eigenvalue weighted by molar-refractivity contribution is 0.313. The smallest absolute Gasteiger partial charge is 0.203 e. The number of hydrogen-bond acceptors (Lipinski definition) is 3. The van der Waals surface area contributed by atoms with Gasteiger partial charge in [-0.05, 0) is 36.0 Å². The van der Waals surface area contributed by atoms with Crippen molar-refractivity contribution in [2.75, 3.05) is 21.3 Å². The van der Waals surface area contributed by atoms with Crippen LogP contribution in [0.25, 0.3) is 0 Å². The van der Waals surface area contributed by atoms with Gasteiger partial charge in [-0.2, -0.15) is 0 Å². The van der Waals surface area contributed by atoms with E-state index < -0.39 is 0 Å². The third-order valence-electron chi connectivity index (χ3n) is 4.23. The van der Waals surface area contributed by atoms with Gasteiger partial charge in [-0.1, -0.05) is 26.2 Å². The van der Waals surface area contributed by atoms with Crippen LogP contribution in [0.4, 0.5) is 0 Å². The summed E-state index contributed by atoms with van der Waals surface area (Å²) in [6, 6.07) is 4.21. The Labute approximate surface area is 115 Å². The number of rotatable bonds is 4. The van der Waals surface area contributed by atoms with Gasteiger partial charge in [0.2, 0.25) is 5.75 Å². The Balaban J connectivity index is 2.40. The van der Waals surface area contributed by atoms with Crippen LogP contribution < -0.4 is 14.2 Å². The lowest BCUT2D eigenvalue weighted by Gasteiger charge is -2.30. The fourth-order valence-electron chi connectivity index (χ4n) is 3.13. The Morgan fingerprint density at radius 2 is 1.47 bits per heavy atom. The van der Waals surface area contributed by atoms with Gasteiger partial charge in [0.05, 0.1) is 21.3 Å². The maximum absolute atomic E-state index is 5.44. The topological polar surface area (TPSA) is 27.7 Å². The Kier molecular flexibility index (Phi) is 4.56. The molecule has 0 radical (unpaired) electrons. The fourth-order valence-corrected chi connectivity index (χ4v) is 3.13. The van der Waals surface area contributed by atoms with Crippen LogP contribution in [0.1, 0.15) is 44.1 Å². The molecule has 0 bridgehead atoms. The molecule has 106 valence electrons. The summed E-state index contributed by atoms with van der Waals surface area (Å²) in [6.45, 7) is 2.34. The summed E-state index contributed by atoms with van der Waals surface area (Å²) in [7, 11) is 4.99. The maximum Gasteiger partial charge on any atom is 0.203 e. The predicted molar refractivity (Wildman–Crippen MR) is 76.5 cm³/mol. The molecule has 0 aromatic heterocycles. The summed E-state index contributed by atoms with van der Waals surface area (Å²) in [6.07, 6.45) is 5.22. The Morgan fingerprint density at radius 1 is 0.895 bits per heavy atom. The second-order valence-corrected chi connectivity index (χ2v) is 5.33. The number of hydrogen-bond donors (Lipinski definition) is 0. The molecular formula is C16H24O3. The first-order valence-electron chi connectivity index (χ1n) is 7.01. The molecule has 19 heavy (non-hydrogen) atoms. The van der Waals surface area contributed by atoms with E-state index in [2.05, 4.69) is 19.1 Å². The number of benzene rings is 1. The van der Waals surface area contributed by atoms with Crippen molar-refractivity contribution in [3.05, 3.63) is 17.7 Å². The van der Waals surface area contributed by atoms with Gasteiger partial charge in [0.15, 0.2) is 11.5 Å². The van der Waals surface area contributed by atoms with Gasteiger partial charge in [-0.15, -0.1) is 0 Å². The minimum absolute atomic E-state index is 0.599. The van der Waals surface area contributed by atoms with Crippen LogP contribution in [-0.2, 0) is 0 Å². The molecule has 1 aliphatic carbocycles. The second-order valence-electron chi connectivity index (χ2n) is 5.33. The molecule has 0 saturated heterocycles. The second kappa shape index (κ2) is 6.18. The van der Waals surface area contributed by atoms with Crippen molar-refractivity contribution < 1.29 is 14.2 Å². The Morgan fingerprint density at radius 3 is 1.95 bits per heavy atom. The van der Waals surface area contributed by atoms with E-state index in [1.165, 1.54) is 31.2 Å². The van der Waals surface area contributed by atoms with Crippen LogP contribution in [0.2, 0.25) is 0 Å². The van der Waals surface area contributed by atoms with Gasteiger partial charge in [0.1, 0.15) is 0 Å². The quantitative estimate of drug-likeness (QED) is 0.822. The summed E-state index contributed by atoms with van der Waals surface area (Å²) >= 11 is 0. The number of methoxy groups -OCH3 is 3. The van der Waals surface area contributed by atoms with Crippen LogP contribution in [0.15, 0.2) is 12.1 Å². The minimum atomic E-state index is 0.599. The molecule has 1 aromatic carbocycles. The van der Waals surface area contributed by atoms with E-state index in [9.17, 15) is 0 Å². The van der Waals surface area contributed by atoms with Gasteiger partial charge in [0, 0.05) is 0 Å². The summed E-state index contributed by atoms with van der Waals surface area (Å²) in [5.41, 5.74) is 1.31. The van der Waals surface area contributed by atoms with Gasteiger partial charge < -0.3 is 14.2 Å². The number of ether oxygens (including phenoxy) is 3. The van der Waals surface area contributed by atoms with Crippen molar-refractivity contribution in [1.82, 2.24) is 0 Å². The molecule has 0 heterocycles. The molecule has 0 spiro atoms. The molecule has 0 N–H and O–H groups in total. The van der Waals surface area contributed by atoms with E-state index in [1.807, 2.05) is 0 Å². The molecular weight excluding hydrogens is 240 g/mol. The van der Waals surface area contributed by atoms with Gasteiger partial charge in [-0.25, -0.2) is 0 Å². The first kappa shape index (κ1) is 14.0. The zero-order valence-corrected chi connectivity index (χ0v) is 12.4. The highest BCUT2D eigenvalue weighted by Gasteiger charge is 2.25. The van der Waals surface area contributed by atoms with Gasteiger partial charge >= 0.3 is 0 Å². The summed E-state index contributed by atoms with van der Waals surface area (Å²) in [4.78, 5) is 0. The van der Waals surface area contributed by atoms with Crippen LogP contribution in [0.5, 0.6) is 17.2 Å².